The van der Waals surface area contributed by atoms with Gasteiger partial charge in [-0.15, -0.1) is 11.6 Å². The molecule has 0 bridgehead atoms. The monoisotopic (exact) mass is 309 g/mol. The quantitative estimate of drug-likeness (QED) is 0.754. The molecule has 0 spiro atoms. The number of aryl methyl sites for hydroxylation is 1. The van der Waals surface area contributed by atoms with Crippen LogP contribution in [-0.4, -0.2) is 28.3 Å². The Morgan fingerprint density at radius 3 is 2.76 bits per heavy atom. The van der Waals surface area contributed by atoms with Crippen molar-refractivity contribution in [2.75, 3.05) is 13.7 Å². The zero-order chi connectivity index (χ0) is 15.6. The van der Waals surface area contributed by atoms with E-state index in [1.807, 2.05) is 19.2 Å². The van der Waals surface area contributed by atoms with Gasteiger partial charge in [-0.1, -0.05) is 13.8 Å². The molecule has 21 heavy (non-hydrogen) atoms. The first-order valence-electron chi connectivity index (χ1n) is 7.30. The highest BCUT2D eigenvalue weighted by Gasteiger charge is 2.24. The number of halogens is 1. The van der Waals surface area contributed by atoms with Gasteiger partial charge in [-0.05, 0) is 37.3 Å². The average Bonchev–Trinajstić information content (AvgIpc) is 2.77. The highest BCUT2D eigenvalue weighted by atomic mass is 35.5. The molecule has 0 aliphatic carbocycles. The summed E-state index contributed by atoms with van der Waals surface area (Å²) >= 11 is 6.33. The molecular formula is C16H24ClN3O. The van der Waals surface area contributed by atoms with Gasteiger partial charge >= 0.3 is 0 Å². The minimum absolute atomic E-state index is 0.0929. The Kier molecular flexibility index (Phi) is 4.89. The maximum Gasteiger partial charge on any atom is 0.160 e. The highest BCUT2D eigenvalue weighted by Crippen LogP contribution is 2.30. The lowest BCUT2D eigenvalue weighted by Gasteiger charge is -2.26. The number of rotatable bonds is 6. The van der Waals surface area contributed by atoms with Crippen LogP contribution in [0.25, 0.3) is 11.2 Å². The molecule has 2 aromatic rings. The topological polar surface area (TPSA) is 39.9 Å². The smallest absolute Gasteiger partial charge is 0.160 e. The SMILES string of the molecule is COCCC(C)(C)Cn1c(C(C)Cl)nc2c(C)ccnc21. The number of aromatic nitrogens is 3. The molecule has 0 aromatic carbocycles. The van der Waals surface area contributed by atoms with Gasteiger partial charge in [0, 0.05) is 26.5 Å². The standard InChI is InChI=1S/C16H24ClN3O/c1-11-6-8-18-15-13(11)19-14(12(2)17)20(15)10-16(3,4)7-9-21-5/h6,8,12H,7,9-10H2,1-5H3. The van der Waals surface area contributed by atoms with Crippen molar-refractivity contribution in [1.82, 2.24) is 14.5 Å². The Labute approximate surface area is 131 Å². The first-order valence-corrected chi connectivity index (χ1v) is 7.74. The summed E-state index contributed by atoms with van der Waals surface area (Å²) in [5.74, 6) is 0.888. The molecule has 2 aromatic heterocycles. The van der Waals surface area contributed by atoms with E-state index in [0.29, 0.717) is 0 Å². The number of hydrogen-bond donors (Lipinski definition) is 0. The summed E-state index contributed by atoms with van der Waals surface area (Å²) in [6.45, 7) is 10.1. The lowest BCUT2D eigenvalue weighted by atomic mass is 9.89. The summed E-state index contributed by atoms with van der Waals surface area (Å²) in [5, 5.41) is -0.142. The molecule has 0 saturated heterocycles. The van der Waals surface area contributed by atoms with Gasteiger partial charge < -0.3 is 9.30 Å². The van der Waals surface area contributed by atoms with Gasteiger partial charge in [-0.2, -0.15) is 0 Å². The van der Waals surface area contributed by atoms with Gasteiger partial charge in [0.2, 0.25) is 0 Å². The number of hydrogen-bond acceptors (Lipinski definition) is 3. The predicted octanol–water partition coefficient (Wildman–Crippen LogP) is 4.10. The number of methoxy groups -OCH3 is 1. The van der Waals surface area contributed by atoms with Crippen molar-refractivity contribution in [1.29, 1.82) is 0 Å². The molecule has 0 aliphatic heterocycles. The molecule has 5 heteroatoms. The van der Waals surface area contributed by atoms with Crippen LogP contribution in [0.15, 0.2) is 12.3 Å². The molecule has 2 heterocycles. The molecule has 0 aliphatic rings. The van der Waals surface area contributed by atoms with E-state index in [0.717, 1.165) is 42.1 Å². The Morgan fingerprint density at radius 1 is 1.43 bits per heavy atom. The van der Waals surface area contributed by atoms with E-state index in [-0.39, 0.29) is 10.8 Å². The second kappa shape index (κ2) is 6.32. The molecule has 1 unspecified atom stereocenters. The van der Waals surface area contributed by atoms with Gasteiger partial charge in [-0.3, -0.25) is 0 Å². The van der Waals surface area contributed by atoms with Crippen molar-refractivity contribution in [2.45, 2.75) is 46.0 Å². The number of nitrogens with zero attached hydrogens (tertiary/aromatic N) is 3. The zero-order valence-corrected chi connectivity index (χ0v) is 14.2. The summed E-state index contributed by atoms with van der Waals surface area (Å²) in [6, 6.07) is 1.98. The van der Waals surface area contributed by atoms with Crippen LogP contribution in [0.3, 0.4) is 0 Å². The maximum atomic E-state index is 6.33. The second-order valence-corrected chi connectivity index (χ2v) is 7.03. The van der Waals surface area contributed by atoms with Crippen molar-refractivity contribution in [2.24, 2.45) is 5.41 Å². The lowest BCUT2D eigenvalue weighted by Crippen LogP contribution is -2.23. The minimum Gasteiger partial charge on any atom is -0.385 e. The Bertz CT molecular complexity index is 619. The van der Waals surface area contributed by atoms with Gasteiger partial charge in [0.15, 0.2) is 5.65 Å². The summed E-state index contributed by atoms with van der Waals surface area (Å²) in [6.07, 6.45) is 2.81. The van der Waals surface area contributed by atoms with Crippen molar-refractivity contribution >= 4 is 22.8 Å². The molecular weight excluding hydrogens is 286 g/mol. The Morgan fingerprint density at radius 2 is 2.14 bits per heavy atom. The van der Waals surface area contributed by atoms with Crippen LogP contribution in [0.5, 0.6) is 0 Å². The highest BCUT2D eigenvalue weighted by molar-refractivity contribution is 6.20. The van der Waals surface area contributed by atoms with Crippen molar-refractivity contribution < 1.29 is 4.74 Å². The number of pyridine rings is 1. The summed E-state index contributed by atoms with van der Waals surface area (Å²) < 4.78 is 7.38. The normalized spacial score (nSPS) is 13.8. The minimum atomic E-state index is -0.142. The van der Waals surface area contributed by atoms with E-state index in [4.69, 9.17) is 21.3 Å². The molecule has 4 nitrogen and oxygen atoms in total. The van der Waals surface area contributed by atoms with Gasteiger partial charge in [0.05, 0.1) is 5.38 Å². The van der Waals surface area contributed by atoms with Gasteiger partial charge in [0.25, 0.3) is 0 Å². The van der Waals surface area contributed by atoms with Crippen LogP contribution in [0.4, 0.5) is 0 Å². The maximum absolute atomic E-state index is 6.33. The fourth-order valence-electron chi connectivity index (χ4n) is 2.50. The number of alkyl halides is 1. The van der Waals surface area contributed by atoms with E-state index in [2.05, 4.69) is 30.3 Å². The van der Waals surface area contributed by atoms with E-state index >= 15 is 0 Å². The molecule has 2 rings (SSSR count). The second-order valence-electron chi connectivity index (χ2n) is 6.38. The molecule has 0 N–H and O–H groups in total. The summed E-state index contributed by atoms with van der Waals surface area (Å²) in [4.78, 5) is 9.23. The third-order valence-corrected chi connectivity index (χ3v) is 3.99. The van der Waals surface area contributed by atoms with Gasteiger partial charge in [-0.25, -0.2) is 9.97 Å². The van der Waals surface area contributed by atoms with Crippen molar-refractivity contribution in [3.8, 4) is 0 Å². The fraction of sp³-hybridized carbons (Fsp3) is 0.625. The first-order chi connectivity index (χ1) is 9.85. The van der Waals surface area contributed by atoms with Crippen LogP contribution < -0.4 is 0 Å². The molecule has 116 valence electrons. The molecule has 0 radical (unpaired) electrons. The largest absolute Gasteiger partial charge is 0.385 e. The predicted molar refractivity (Wildman–Crippen MR) is 86.8 cm³/mol. The molecule has 0 saturated carbocycles. The Balaban J connectivity index is 2.46. The number of imidazole rings is 1. The summed E-state index contributed by atoms with van der Waals surface area (Å²) in [7, 11) is 1.74. The van der Waals surface area contributed by atoms with Crippen LogP contribution in [0.2, 0.25) is 0 Å². The third kappa shape index (κ3) is 3.55. The van der Waals surface area contributed by atoms with Crippen LogP contribution in [0, 0.1) is 12.3 Å². The third-order valence-electron chi connectivity index (χ3n) is 3.79. The molecule has 1 atom stereocenters. The van der Waals surface area contributed by atoms with Gasteiger partial charge in [0.1, 0.15) is 11.3 Å². The van der Waals surface area contributed by atoms with Crippen molar-refractivity contribution in [3.05, 3.63) is 23.7 Å². The van der Waals surface area contributed by atoms with E-state index < -0.39 is 0 Å². The number of fused-ring (bicyclic) bond motifs is 1. The van der Waals surface area contributed by atoms with E-state index in [1.165, 1.54) is 0 Å². The van der Waals surface area contributed by atoms with Crippen molar-refractivity contribution in [3.63, 3.8) is 0 Å². The van der Waals surface area contributed by atoms with E-state index in [9.17, 15) is 0 Å². The fourth-order valence-corrected chi connectivity index (χ4v) is 2.67. The van der Waals surface area contributed by atoms with Crippen LogP contribution in [-0.2, 0) is 11.3 Å². The average molecular weight is 310 g/mol. The zero-order valence-electron chi connectivity index (χ0n) is 13.5. The number of ether oxygens (including phenoxy) is 1. The Hall–Kier alpha value is -1.13. The van der Waals surface area contributed by atoms with E-state index in [1.54, 1.807) is 7.11 Å². The first kappa shape index (κ1) is 16.2. The van der Waals surface area contributed by atoms with Crippen LogP contribution in [0.1, 0.15) is 44.0 Å². The molecule has 0 fully saturated rings. The van der Waals surface area contributed by atoms with Crippen LogP contribution >= 0.6 is 11.6 Å². The lowest BCUT2D eigenvalue weighted by molar-refractivity contribution is 0.142. The summed E-state index contributed by atoms with van der Waals surface area (Å²) in [5.41, 5.74) is 3.09. The molecule has 0 amide bonds.